The van der Waals surface area contributed by atoms with Crippen LogP contribution in [0.5, 0.6) is 5.75 Å². The van der Waals surface area contributed by atoms with Crippen LogP contribution < -0.4 is 10.1 Å². The first-order valence-corrected chi connectivity index (χ1v) is 8.16. The summed E-state index contributed by atoms with van der Waals surface area (Å²) in [5, 5.41) is 12.0. The summed E-state index contributed by atoms with van der Waals surface area (Å²) in [6.07, 6.45) is 0.175. The molecule has 0 aliphatic carbocycles. The topological polar surface area (TPSA) is 64.1 Å². The predicted molar refractivity (Wildman–Crippen MR) is 86.9 cm³/mol. The zero-order valence-electron chi connectivity index (χ0n) is 12.0. The summed E-state index contributed by atoms with van der Waals surface area (Å²) in [7, 11) is 0. The number of amides is 1. The van der Waals surface area contributed by atoms with Gasteiger partial charge in [0.25, 0.3) is 5.91 Å². The smallest absolute Gasteiger partial charge is 0.266 e. The van der Waals surface area contributed by atoms with Gasteiger partial charge in [0.15, 0.2) is 6.10 Å². The van der Waals surface area contributed by atoms with Gasteiger partial charge in [-0.3, -0.25) is 10.1 Å². The number of hydrogen-bond donors (Lipinski definition) is 1. The molecule has 0 radical (unpaired) electrons. The molecule has 0 bridgehead atoms. The number of ether oxygens (including phenoxy) is 1. The second-order valence-corrected chi connectivity index (χ2v) is 6.45. The third-order valence-electron chi connectivity index (χ3n) is 2.76. The molecule has 2 rings (SSSR count). The molecule has 112 valence electrons. The highest BCUT2D eigenvalue weighted by Crippen LogP contribution is 2.27. The van der Waals surface area contributed by atoms with Crippen LogP contribution in [0.25, 0.3) is 0 Å². The number of carbonyl (C=O) groups is 1. The van der Waals surface area contributed by atoms with Crippen LogP contribution in [-0.2, 0) is 11.2 Å². The molecule has 1 unspecified atom stereocenters. The molecule has 0 aliphatic heterocycles. The van der Waals surface area contributed by atoms with E-state index in [1.807, 2.05) is 32.0 Å². The molecule has 5 nitrogen and oxygen atoms in total. The maximum atomic E-state index is 12.1. The summed E-state index contributed by atoms with van der Waals surface area (Å²) in [5.41, 5.74) is 1.12. The van der Waals surface area contributed by atoms with E-state index >= 15 is 0 Å². The van der Waals surface area contributed by atoms with Crippen molar-refractivity contribution >= 4 is 38.3 Å². The number of anilines is 1. The number of carbonyl (C=O) groups excluding carboxylic acids is 1. The van der Waals surface area contributed by atoms with Crippen molar-refractivity contribution < 1.29 is 9.53 Å². The number of benzene rings is 1. The standard InChI is InChI=1S/C14H16BrN3O2S/c1-4-12-17-18-14(21-12)16-13(19)9(3)20-11-6-5-8(2)7-10(11)15/h5-7,9H,4H2,1-3H3,(H,16,18,19). The molecule has 1 N–H and O–H groups in total. The van der Waals surface area contributed by atoms with Crippen molar-refractivity contribution in [3.8, 4) is 5.75 Å². The average molecular weight is 370 g/mol. The predicted octanol–water partition coefficient (Wildman–Crippen LogP) is 3.58. The lowest BCUT2D eigenvalue weighted by Gasteiger charge is -2.15. The van der Waals surface area contributed by atoms with Crippen molar-refractivity contribution in [1.29, 1.82) is 0 Å². The van der Waals surface area contributed by atoms with E-state index < -0.39 is 6.10 Å². The number of aromatic nitrogens is 2. The average Bonchev–Trinajstić information content (AvgIpc) is 2.89. The quantitative estimate of drug-likeness (QED) is 0.874. The van der Waals surface area contributed by atoms with E-state index in [2.05, 4.69) is 31.4 Å². The minimum atomic E-state index is -0.627. The second-order valence-electron chi connectivity index (χ2n) is 4.54. The van der Waals surface area contributed by atoms with E-state index in [0.717, 1.165) is 21.5 Å². The molecule has 0 saturated heterocycles. The Balaban J connectivity index is 1.98. The Hall–Kier alpha value is -1.47. The summed E-state index contributed by atoms with van der Waals surface area (Å²) in [6.45, 7) is 5.68. The fourth-order valence-corrected chi connectivity index (χ4v) is 2.87. The fraction of sp³-hybridized carbons (Fsp3) is 0.357. The Morgan fingerprint density at radius 1 is 1.48 bits per heavy atom. The highest BCUT2D eigenvalue weighted by atomic mass is 79.9. The molecule has 21 heavy (non-hydrogen) atoms. The van der Waals surface area contributed by atoms with E-state index in [1.165, 1.54) is 11.3 Å². The zero-order chi connectivity index (χ0) is 15.4. The van der Waals surface area contributed by atoms with Crippen LogP contribution in [0, 0.1) is 6.92 Å². The van der Waals surface area contributed by atoms with Crippen LogP contribution in [0.15, 0.2) is 22.7 Å². The summed E-state index contributed by atoms with van der Waals surface area (Å²) in [6, 6.07) is 5.71. The van der Waals surface area contributed by atoms with Crippen LogP contribution in [0.3, 0.4) is 0 Å². The van der Waals surface area contributed by atoms with Crippen LogP contribution in [0.4, 0.5) is 5.13 Å². The molecular weight excluding hydrogens is 354 g/mol. The lowest BCUT2D eigenvalue weighted by Crippen LogP contribution is -2.30. The van der Waals surface area contributed by atoms with Crippen molar-refractivity contribution in [1.82, 2.24) is 10.2 Å². The number of halogens is 1. The van der Waals surface area contributed by atoms with Gasteiger partial charge in [-0.25, -0.2) is 0 Å². The van der Waals surface area contributed by atoms with E-state index in [9.17, 15) is 4.79 Å². The van der Waals surface area contributed by atoms with Crippen molar-refractivity contribution in [2.75, 3.05) is 5.32 Å². The van der Waals surface area contributed by atoms with Gasteiger partial charge in [0.05, 0.1) is 4.47 Å². The lowest BCUT2D eigenvalue weighted by molar-refractivity contribution is -0.122. The Kier molecular flexibility index (Phi) is 5.30. The van der Waals surface area contributed by atoms with Gasteiger partial charge in [-0.2, -0.15) is 0 Å². The lowest BCUT2D eigenvalue weighted by atomic mass is 10.2. The van der Waals surface area contributed by atoms with Crippen molar-refractivity contribution in [3.05, 3.63) is 33.2 Å². The van der Waals surface area contributed by atoms with E-state index in [-0.39, 0.29) is 5.91 Å². The van der Waals surface area contributed by atoms with E-state index in [4.69, 9.17) is 4.74 Å². The van der Waals surface area contributed by atoms with Gasteiger partial charge in [-0.1, -0.05) is 24.3 Å². The highest BCUT2D eigenvalue weighted by molar-refractivity contribution is 9.10. The molecule has 0 fully saturated rings. The minimum absolute atomic E-state index is 0.249. The Morgan fingerprint density at radius 2 is 2.24 bits per heavy atom. The molecule has 7 heteroatoms. The minimum Gasteiger partial charge on any atom is -0.480 e. The maximum Gasteiger partial charge on any atom is 0.266 e. The number of rotatable bonds is 5. The monoisotopic (exact) mass is 369 g/mol. The van der Waals surface area contributed by atoms with E-state index in [0.29, 0.717) is 10.9 Å². The van der Waals surface area contributed by atoms with Crippen molar-refractivity contribution in [2.24, 2.45) is 0 Å². The molecule has 0 spiro atoms. The normalized spacial score (nSPS) is 12.0. The van der Waals surface area contributed by atoms with Gasteiger partial charge < -0.3 is 4.74 Å². The van der Waals surface area contributed by atoms with Gasteiger partial charge in [-0.15, -0.1) is 10.2 Å². The van der Waals surface area contributed by atoms with Crippen LogP contribution in [0.1, 0.15) is 24.4 Å². The van der Waals surface area contributed by atoms with Crippen molar-refractivity contribution in [2.45, 2.75) is 33.3 Å². The SMILES string of the molecule is CCc1nnc(NC(=O)C(C)Oc2ccc(C)cc2Br)s1. The molecule has 1 atom stereocenters. The molecular formula is C14H16BrN3O2S. The molecule has 0 saturated carbocycles. The summed E-state index contributed by atoms with van der Waals surface area (Å²) >= 11 is 4.80. The Morgan fingerprint density at radius 3 is 2.86 bits per heavy atom. The third kappa shape index (κ3) is 4.25. The third-order valence-corrected chi connectivity index (χ3v) is 4.36. The Labute approximate surface area is 135 Å². The Bertz CT molecular complexity index is 645. The molecule has 1 amide bonds. The number of aryl methyl sites for hydroxylation is 2. The maximum absolute atomic E-state index is 12.1. The van der Waals surface area contributed by atoms with Gasteiger partial charge in [0.1, 0.15) is 10.8 Å². The number of nitrogens with zero attached hydrogens (tertiary/aromatic N) is 2. The molecule has 1 aromatic heterocycles. The first-order chi connectivity index (χ1) is 9.99. The first-order valence-electron chi connectivity index (χ1n) is 6.55. The van der Waals surface area contributed by atoms with Crippen LogP contribution >= 0.6 is 27.3 Å². The highest BCUT2D eigenvalue weighted by Gasteiger charge is 2.17. The first kappa shape index (κ1) is 15.9. The largest absolute Gasteiger partial charge is 0.480 e. The summed E-state index contributed by atoms with van der Waals surface area (Å²) in [5.74, 6) is 0.385. The van der Waals surface area contributed by atoms with E-state index in [1.54, 1.807) is 6.92 Å². The molecule has 0 aliphatic rings. The number of nitrogens with one attached hydrogen (secondary N) is 1. The van der Waals surface area contributed by atoms with Gasteiger partial charge in [0.2, 0.25) is 5.13 Å². The zero-order valence-corrected chi connectivity index (χ0v) is 14.4. The molecule has 1 heterocycles. The number of hydrogen-bond acceptors (Lipinski definition) is 5. The molecule has 1 aromatic carbocycles. The summed E-state index contributed by atoms with van der Waals surface area (Å²) in [4.78, 5) is 12.1. The van der Waals surface area contributed by atoms with Gasteiger partial charge in [0, 0.05) is 0 Å². The second kappa shape index (κ2) is 7.00. The van der Waals surface area contributed by atoms with Gasteiger partial charge >= 0.3 is 0 Å². The van der Waals surface area contributed by atoms with Crippen LogP contribution in [-0.4, -0.2) is 22.2 Å². The van der Waals surface area contributed by atoms with Gasteiger partial charge in [-0.05, 0) is 53.9 Å². The summed E-state index contributed by atoms with van der Waals surface area (Å²) < 4.78 is 6.49. The van der Waals surface area contributed by atoms with Crippen molar-refractivity contribution in [3.63, 3.8) is 0 Å². The van der Waals surface area contributed by atoms with Crippen LogP contribution in [0.2, 0.25) is 0 Å². The molecule has 2 aromatic rings. The fourth-order valence-electron chi connectivity index (χ4n) is 1.60.